The number of piperidine rings is 1. The van der Waals surface area contributed by atoms with Crippen LogP contribution in [0, 0.1) is 11.6 Å². The number of aromatic nitrogens is 1. The summed E-state index contributed by atoms with van der Waals surface area (Å²) in [6.45, 7) is 1.48. The number of hydrogen-bond acceptors (Lipinski definition) is 3. The molecule has 0 aliphatic carbocycles. The first kappa shape index (κ1) is 12.5. The van der Waals surface area contributed by atoms with Crippen LogP contribution in [0.25, 0.3) is 10.9 Å². The Morgan fingerprint density at radius 2 is 1.90 bits per heavy atom. The molecule has 1 N–H and O–H groups in total. The van der Waals surface area contributed by atoms with Gasteiger partial charge >= 0.3 is 5.97 Å². The first-order valence-corrected chi connectivity index (χ1v) is 6.87. The van der Waals surface area contributed by atoms with Crippen molar-refractivity contribution in [1.29, 1.82) is 0 Å². The normalized spacial score (nSPS) is 17.3. The molecule has 0 saturated carbocycles. The molecule has 1 fully saturated rings. The van der Waals surface area contributed by atoms with Crippen molar-refractivity contribution in [3.8, 4) is 0 Å². The van der Waals surface area contributed by atoms with E-state index in [4.69, 9.17) is 0 Å². The maximum atomic E-state index is 14.1. The Morgan fingerprint density at radius 1 is 1.24 bits per heavy atom. The number of carboxylic acid groups (broad SMARTS) is 1. The van der Waals surface area contributed by atoms with Crippen molar-refractivity contribution in [2.45, 2.75) is 18.8 Å². The third-order valence-electron chi connectivity index (χ3n) is 4.45. The van der Waals surface area contributed by atoms with Gasteiger partial charge in [-0.15, -0.1) is 0 Å². The van der Waals surface area contributed by atoms with E-state index >= 15 is 0 Å². The zero-order valence-electron chi connectivity index (χ0n) is 11.1. The quantitative estimate of drug-likeness (QED) is 0.877. The molecule has 0 radical (unpaired) electrons. The Hall–Kier alpha value is -2.24. The van der Waals surface area contributed by atoms with E-state index in [1.807, 2.05) is 4.90 Å². The number of carboxylic acids is 1. The molecule has 0 unspecified atom stereocenters. The molecule has 0 atom stereocenters. The van der Waals surface area contributed by atoms with Crippen LogP contribution in [0.3, 0.4) is 0 Å². The number of pyridine rings is 1. The van der Waals surface area contributed by atoms with E-state index in [2.05, 4.69) is 4.98 Å². The highest BCUT2D eigenvalue weighted by Gasteiger charge is 2.37. The van der Waals surface area contributed by atoms with Crippen LogP contribution in [0.2, 0.25) is 0 Å². The van der Waals surface area contributed by atoms with Crippen molar-refractivity contribution >= 4 is 22.6 Å². The first-order chi connectivity index (χ1) is 10.1. The van der Waals surface area contributed by atoms with Crippen molar-refractivity contribution < 1.29 is 18.7 Å². The summed E-state index contributed by atoms with van der Waals surface area (Å²) >= 11 is 0. The average molecular weight is 290 g/mol. The molecule has 5 rings (SSSR count). The number of aromatic carboxylic acids is 1. The van der Waals surface area contributed by atoms with E-state index in [9.17, 15) is 18.7 Å². The number of benzene rings is 1. The number of halogens is 2. The number of rotatable bonds is 1. The lowest BCUT2D eigenvalue weighted by atomic mass is 9.84. The zero-order valence-corrected chi connectivity index (χ0v) is 11.1. The standard InChI is InChI=1S/C15H12F2N2O2/c16-8-1-2-9(17)13-10(8)11(15(20)21)14-12(18-13)7-3-5-19(14)6-4-7/h1-2,7H,3-6H2,(H,20,21). The van der Waals surface area contributed by atoms with Crippen molar-refractivity contribution in [2.24, 2.45) is 0 Å². The minimum Gasteiger partial charge on any atom is -0.478 e. The van der Waals surface area contributed by atoms with Gasteiger partial charge in [-0.25, -0.2) is 18.6 Å². The largest absolute Gasteiger partial charge is 0.478 e. The monoisotopic (exact) mass is 290 g/mol. The lowest BCUT2D eigenvalue weighted by Gasteiger charge is -2.42. The van der Waals surface area contributed by atoms with E-state index < -0.39 is 17.6 Å². The van der Waals surface area contributed by atoms with Crippen molar-refractivity contribution in [1.82, 2.24) is 4.98 Å². The molecule has 21 heavy (non-hydrogen) atoms. The van der Waals surface area contributed by atoms with Gasteiger partial charge in [-0.1, -0.05) is 0 Å². The van der Waals surface area contributed by atoms with Crippen LogP contribution in [-0.4, -0.2) is 29.1 Å². The van der Waals surface area contributed by atoms with Gasteiger partial charge in [0.05, 0.1) is 22.3 Å². The molecule has 1 saturated heterocycles. The van der Waals surface area contributed by atoms with Gasteiger partial charge in [-0.3, -0.25) is 0 Å². The number of anilines is 1. The van der Waals surface area contributed by atoms with E-state index in [-0.39, 0.29) is 22.4 Å². The van der Waals surface area contributed by atoms with Crippen LogP contribution in [0.4, 0.5) is 14.5 Å². The van der Waals surface area contributed by atoms with E-state index in [1.165, 1.54) is 0 Å². The number of hydrogen-bond donors (Lipinski definition) is 1. The van der Waals surface area contributed by atoms with Gasteiger partial charge in [-0.2, -0.15) is 0 Å². The molecular formula is C15H12F2N2O2. The van der Waals surface area contributed by atoms with Gasteiger partial charge < -0.3 is 10.0 Å². The van der Waals surface area contributed by atoms with Gasteiger partial charge in [0.25, 0.3) is 0 Å². The molecule has 4 heterocycles. The lowest BCUT2D eigenvalue weighted by molar-refractivity contribution is 0.0698. The minimum absolute atomic E-state index is 0.134. The van der Waals surface area contributed by atoms with Gasteiger partial charge in [0.2, 0.25) is 0 Å². The van der Waals surface area contributed by atoms with Crippen molar-refractivity contribution in [3.05, 3.63) is 35.0 Å². The topological polar surface area (TPSA) is 53.4 Å². The van der Waals surface area contributed by atoms with Crippen LogP contribution in [-0.2, 0) is 0 Å². The predicted octanol–water partition coefficient (Wildman–Crippen LogP) is 2.91. The number of carbonyl (C=O) groups is 1. The van der Waals surface area contributed by atoms with E-state index in [0.29, 0.717) is 11.4 Å². The second kappa shape index (κ2) is 4.13. The Bertz CT molecular complexity index is 783. The van der Waals surface area contributed by atoms with Gasteiger partial charge in [0.1, 0.15) is 17.2 Å². The Morgan fingerprint density at radius 3 is 2.57 bits per heavy atom. The SMILES string of the molecule is O=C(O)c1c2c(nc3c(F)ccc(F)c13)C1CCN2CC1. The van der Waals surface area contributed by atoms with Crippen LogP contribution < -0.4 is 4.90 Å². The highest BCUT2D eigenvalue weighted by Crippen LogP contribution is 2.45. The summed E-state index contributed by atoms with van der Waals surface area (Å²) in [7, 11) is 0. The van der Waals surface area contributed by atoms with Crippen LogP contribution in [0.1, 0.15) is 34.8 Å². The Balaban J connectivity index is 2.20. The summed E-state index contributed by atoms with van der Waals surface area (Å²) in [4.78, 5) is 17.9. The second-order valence-corrected chi connectivity index (χ2v) is 5.54. The fraction of sp³-hybridized carbons (Fsp3) is 0.333. The van der Waals surface area contributed by atoms with Gasteiger partial charge in [-0.05, 0) is 25.0 Å². The Labute approximate surface area is 119 Å². The maximum absolute atomic E-state index is 14.1. The fourth-order valence-electron chi connectivity index (χ4n) is 3.50. The number of fused-ring (bicyclic) bond motifs is 3. The summed E-state index contributed by atoms with van der Waals surface area (Å²) in [5.74, 6) is -2.54. The molecular weight excluding hydrogens is 278 g/mol. The van der Waals surface area contributed by atoms with Gasteiger partial charge in [0, 0.05) is 19.0 Å². The minimum atomic E-state index is -1.24. The summed E-state index contributed by atoms with van der Waals surface area (Å²) in [6.07, 6.45) is 1.75. The average Bonchev–Trinajstić information content (AvgIpc) is 2.50. The molecule has 1 aromatic carbocycles. The summed E-state index contributed by atoms with van der Waals surface area (Å²) in [5.41, 5.74) is 0.736. The molecule has 3 aliphatic rings. The highest BCUT2D eigenvalue weighted by atomic mass is 19.1. The fourth-order valence-corrected chi connectivity index (χ4v) is 3.50. The lowest BCUT2D eigenvalue weighted by Crippen LogP contribution is -2.40. The summed E-state index contributed by atoms with van der Waals surface area (Å²) in [6, 6.07) is 1.94. The summed E-state index contributed by atoms with van der Waals surface area (Å²) < 4.78 is 28.1. The molecule has 4 nitrogen and oxygen atoms in total. The Kier molecular flexibility index (Phi) is 2.46. The second-order valence-electron chi connectivity index (χ2n) is 5.54. The van der Waals surface area contributed by atoms with Crippen molar-refractivity contribution in [2.75, 3.05) is 18.0 Å². The van der Waals surface area contributed by atoms with Gasteiger partial charge in [0.15, 0.2) is 0 Å². The van der Waals surface area contributed by atoms with Crippen LogP contribution >= 0.6 is 0 Å². The van der Waals surface area contributed by atoms with E-state index in [0.717, 1.165) is 38.1 Å². The zero-order chi connectivity index (χ0) is 14.7. The maximum Gasteiger partial charge on any atom is 0.338 e. The predicted molar refractivity (Wildman–Crippen MR) is 72.8 cm³/mol. The molecule has 2 bridgehead atoms. The van der Waals surface area contributed by atoms with Crippen molar-refractivity contribution in [3.63, 3.8) is 0 Å². The highest BCUT2D eigenvalue weighted by molar-refractivity contribution is 6.09. The molecule has 0 spiro atoms. The van der Waals surface area contributed by atoms with E-state index in [1.54, 1.807) is 0 Å². The number of nitrogens with zero attached hydrogens (tertiary/aromatic N) is 2. The molecule has 6 heteroatoms. The third kappa shape index (κ3) is 1.58. The third-order valence-corrected chi connectivity index (χ3v) is 4.45. The van der Waals surface area contributed by atoms with Crippen LogP contribution in [0.15, 0.2) is 12.1 Å². The molecule has 1 aromatic heterocycles. The van der Waals surface area contributed by atoms with Crippen LogP contribution in [0.5, 0.6) is 0 Å². The molecule has 3 aliphatic heterocycles. The smallest absolute Gasteiger partial charge is 0.338 e. The molecule has 0 amide bonds. The molecule has 108 valence electrons. The first-order valence-electron chi connectivity index (χ1n) is 6.87. The molecule has 2 aromatic rings. The summed E-state index contributed by atoms with van der Waals surface area (Å²) in [5, 5.41) is 9.31.